The normalized spacial score (nSPS) is 21.2. The first-order valence-corrected chi connectivity index (χ1v) is 6.97. The molecule has 1 N–H and O–H groups in total. The summed E-state index contributed by atoms with van der Waals surface area (Å²) >= 11 is 0. The van der Waals surface area contributed by atoms with Gasteiger partial charge >= 0.3 is 5.97 Å². The molecule has 0 aromatic rings. The highest BCUT2D eigenvalue weighted by Gasteiger charge is 2.33. The van der Waals surface area contributed by atoms with Crippen LogP contribution in [0.2, 0.25) is 0 Å². The van der Waals surface area contributed by atoms with E-state index in [0.29, 0.717) is 18.5 Å². The van der Waals surface area contributed by atoms with Crippen LogP contribution in [0.4, 0.5) is 0 Å². The van der Waals surface area contributed by atoms with Gasteiger partial charge < -0.3 is 10.0 Å². The van der Waals surface area contributed by atoms with Gasteiger partial charge in [-0.2, -0.15) is 0 Å². The largest absolute Gasteiger partial charge is 0.481 e. The van der Waals surface area contributed by atoms with Gasteiger partial charge in [0.05, 0.1) is 0 Å². The van der Waals surface area contributed by atoms with Gasteiger partial charge in [0, 0.05) is 13.1 Å². The van der Waals surface area contributed by atoms with E-state index < -0.39 is 11.9 Å². The second-order valence-electron chi connectivity index (χ2n) is 5.45. The van der Waals surface area contributed by atoms with Crippen molar-refractivity contribution in [2.75, 3.05) is 13.1 Å². The molecule has 0 radical (unpaired) electrons. The maximum absolute atomic E-state index is 12.0. The van der Waals surface area contributed by atoms with Crippen molar-refractivity contribution in [2.45, 2.75) is 52.9 Å². The molecule has 0 saturated carbocycles. The molecule has 1 aliphatic heterocycles. The van der Waals surface area contributed by atoms with Crippen LogP contribution in [0.15, 0.2) is 0 Å². The van der Waals surface area contributed by atoms with Gasteiger partial charge in [-0.3, -0.25) is 9.59 Å². The Labute approximate surface area is 109 Å². The zero-order valence-electron chi connectivity index (χ0n) is 11.7. The van der Waals surface area contributed by atoms with E-state index in [9.17, 15) is 9.59 Å². The first-order valence-electron chi connectivity index (χ1n) is 6.97. The van der Waals surface area contributed by atoms with Crippen LogP contribution < -0.4 is 0 Å². The van der Waals surface area contributed by atoms with E-state index in [1.165, 1.54) is 6.92 Å². The Kier molecular flexibility index (Phi) is 5.17. The fraction of sp³-hybridized carbons (Fsp3) is 0.857. The monoisotopic (exact) mass is 255 g/mol. The van der Waals surface area contributed by atoms with E-state index in [1.807, 2.05) is 0 Å². The molecule has 1 saturated heterocycles. The lowest BCUT2D eigenvalue weighted by Crippen LogP contribution is -2.39. The number of likely N-dealkylation sites (tertiary alicyclic amines) is 1. The lowest BCUT2D eigenvalue weighted by atomic mass is 9.76. The van der Waals surface area contributed by atoms with Crippen molar-refractivity contribution in [3.63, 3.8) is 0 Å². The zero-order valence-corrected chi connectivity index (χ0v) is 11.7. The minimum Gasteiger partial charge on any atom is -0.481 e. The maximum atomic E-state index is 12.0. The molecule has 1 atom stereocenters. The Bertz CT molecular complexity index is 310. The summed E-state index contributed by atoms with van der Waals surface area (Å²) in [4.78, 5) is 24.6. The van der Waals surface area contributed by atoms with Gasteiger partial charge in [-0.05, 0) is 31.6 Å². The van der Waals surface area contributed by atoms with E-state index in [1.54, 1.807) is 4.90 Å². The maximum Gasteiger partial charge on any atom is 0.315 e. The fourth-order valence-corrected chi connectivity index (χ4v) is 2.81. The van der Waals surface area contributed by atoms with E-state index >= 15 is 0 Å². The molecule has 0 spiro atoms. The molecule has 0 aromatic heterocycles. The Morgan fingerprint density at radius 3 is 2.33 bits per heavy atom. The molecule has 4 nitrogen and oxygen atoms in total. The average molecular weight is 255 g/mol. The van der Waals surface area contributed by atoms with Crippen LogP contribution in [0.3, 0.4) is 0 Å². The van der Waals surface area contributed by atoms with Gasteiger partial charge in [0.25, 0.3) is 0 Å². The summed E-state index contributed by atoms with van der Waals surface area (Å²) < 4.78 is 0. The third kappa shape index (κ3) is 3.24. The third-order valence-corrected chi connectivity index (χ3v) is 4.60. The predicted molar refractivity (Wildman–Crippen MR) is 70.2 cm³/mol. The molecular formula is C14H25NO3. The van der Waals surface area contributed by atoms with Crippen LogP contribution in [0.5, 0.6) is 0 Å². The van der Waals surface area contributed by atoms with Gasteiger partial charge in [0.15, 0.2) is 0 Å². The SMILES string of the molecule is CCC1(CC)CCCN(C(=O)C(C)C(=O)O)CC1. The number of nitrogens with zero attached hydrogens (tertiary/aromatic N) is 1. The Morgan fingerprint density at radius 2 is 1.83 bits per heavy atom. The van der Waals surface area contributed by atoms with Crippen molar-refractivity contribution in [3.8, 4) is 0 Å². The van der Waals surface area contributed by atoms with Gasteiger partial charge in [-0.15, -0.1) is 0 Å². The molecule has 1 fully saturated rings. The molecule has 1 unspecified atom stereocenters. The summed E-state index contributed by atoms with van der Waals surface area (Å²) in [5, 5.41) is 8.90. The highest BCUT2D eigenvalue weighted by atomic mass is 16.4. The van der Waals surface area contributed by atoms with Gasteiger partial charge in [0.1, 0.15) is 5.92 Å². The van der Waals surface area contributed by atoms with Crippen molar-refractivity contribution >= 4 is 11.9 Å². The highest BCUT2D eigenvalue weighted by molar-refractivity contribution is 5.96. The van der Waals surface area contributed by atoms with Gasteiger partial charge in [0.2, 0.25) is 5.91 Å². The number of carbonyl (C=O) groups is 2. The summed E-state index contributed by atoms with van der Waals surface area (Å²) in [7, 11) is 0. The van der Waals surface area contributed by atoms with Crippen LogP contribution in [0, 0.1) is 11.3 Å². The van der Waals surface area contributed by atoms with Gasteiger partial charge in [-0.1, -0.05) is 26.7 Å². The first kappa shape index (κ1) is 15.0. The molecule has 1 heterocycles. The second kappa shape index (κ2) is 6.21. The number of rotatable bonds is 4. The summed E-state index contributed by atoms with van der Waals surface area (Å²) in [6.45, 7) is 7.31. The molecule has 0 aliphatic carbocycles. The standard InChI is InChI=1S/C14H25NO3/c1-4-14(5-2)7-6-9-15(10-8-14)12(16)11(3)13(17)18/h11H,4-10H2,1-3H3,(H,17,18). The Morgan fingerprint density at radius 1 is 1.22 bits per heavy atom. The quantitative estimate of drug-likeness (QED) is 0.785. The number of carbonyl (C=O) groups excluding carboxylic acids is 1. The lowest BCUT2D eigenvalue weighted by Gasteiger charge is -2.30. The number of hydrogen-bond donors (Lipinski definition) is 1. The number of amides is 1. The smallest absolute Gasteiger partial charge is 0.315 e. The fourth-order valence-electron chi connectivity index (χ4n) is 2.81. The Balaban J connectivity index is 2.67. The highest BCUT2D eigenvalue weighted by Crippen LogP contribution is 2.38. The van der Waals surface area contributed by atoms with Gasteiger partial charge in [-0.25, -0.2) is 0 Å². The Hall–Kier alpha value is -1.06. The minimum absolute atomic E-state index is 0.231. The average Bonchev–Trinajstić information content (AvgIpc) is 2.59. The summed E-state index contributed by atoms with van der Waals surface area (Å²) in [5.41, 5.74) is 0.349. The van der Waals surface area contributed by atoms with Crippen LogP contribution in [0.25, 0.3) is 0 Å². The van der Waals surface area contributed by atoms with Crippen molar-refractivity contribution in [1.82, 2.24) is 4.90 Å². The first-order chi connectivity index (χ1) is 8.45. The topological polar surface area (TPSA) is 57.6 Å². The minimum atomic E-state index is -1.03. The molecule has 104 valence electrons. The van der Waals surface area contributed by atoms with Crippen LogP contribution in [-0.2, 0) is 9.59 Å². The number of carboxylic acids is 1. The van der Waals surface area contributed by atoms with Crippen molar-refractivity contribution in [3.05, 3.63) is 0 Å². The molecule has 4 heteroatoms. The second-order valence-corrected chi connectivity index (χ2v) is 5.45. The predicted octanol–water partition coefficient (Wildman–Crippen LogP) is 2.53. The van der Waals surface area contributed by atoms with E-state index in [0.717, 1.165) is 32.1 Å². The zero-order chi connectivity index (χ0) is 13.8. The molecule has 0 bridgehead atoms. The molecular weight excluding hydrogens is 230 g/mol. The summed E-state index contributed by atoms with van der Waals surface area (Å²) in [5.74, 6) is -2.17. The van der Waals surface area contributed by atoms with E-state index in [-0.39, 0.29) is 5.91 Å². The molecule has 1 amide bonds. The van der Waals surface area contributed by atoms with E-state index in [2.05, 4.69) is 13.8 Å². The molecule has 1 aliphatic rings. The summed E-state index contributed by atoms with van der Waals surface area (Å²) in [6.07, 6.45) is 5.41. The van der Waals surface area contributed by atoms with Crippen molar-refractivity contribution in [2.24, 2.45) is 11.3 Å². The van der Waals surface area contributed by atoms with Crippen molar-refractivity contribution < 1.29 is 14.7 Å². The van der Waals surface area contributed by atoms with Crippen LogP contribution in [-0.4, -0.2) is 35.0 Å². The number of aliphatic carboxylic acids is 1. The molecule has 18 heavy (non-hydrogen) atoms. The molecule has 0 aromatic carbocycles. The number of carboxylic acid groups (broad SMARTS) is 1. The number of hydrogen-bond acceptors (Lipinski definition) is 2. The van der Waals surface area contributed by atoms with Crippen LogP contribution in [0.1, 0.15) is 52.9 Å². The van der Waals surface area contributed by atoms with Crippen LogP contribution >= 0.6 is 0 Å². The third-order valence-electron chi connectivity index (χ3n) is 4.60. The van der Waals surface area contributed by atoms with Crippen molar-refractivity contribution in [1.29, 1.82) is 0 Å². The molecule has 1 rings (SSSR count). The summed E-state index contributed by atoms with van der Waals surface area (Å²) in [6, 6.07) is 0. The lowest BCUT2D eigenvalue weighted by molar-refractivity contribution is -0.150. The van der Waals surface area contributed by atoms with E-state index in [4.69, 9.17) is 5.11 Å².